The van der Waals surface area contributed by atoms with Crippen molar-refractivity contribution in [3.05, 3.63) is 64.3 Å². The molecule has 6 nitrogen and oxygen atoms in total. The van der Waals surface area contributed by atoms with Gasteiger partial charge in [-0.05, 0) is 55.0 Å². The number of benzene rings is 2. The summed E-state index contributed by atoms with van der Waals surface area (Å²) in [5, 5.41) is 2.24. The molecule has 0 radical (unpaired) electrons. The van der Waals surface area contributed by atoms with E-state index in [1.54, 1.807) is 17.5 Å². The maximum atomic E-state index is 13.4. The van der Waals surface area contributed by atoms with Gasteiger partial charge in [-0.3, -0.25) is 14.4 Å². The number of hydrogen-bond acceptors (Lipinski definition) is 5. The molecule has 0 atom stereocenters. The molecular formula is C26H27FN2O4S. The lowest BCUT2D eigenvalue weighted by molar-refractivity contribution is -0.124. The first-order valence-electron chi connectivity index (χ1n) is 11.2. The van der Waals surface area contributed by atoms with Crippen LogP contribution in [0.4, 0.5) is 4.39 Å². The topological polar surface area (TPSA) is 66.9 Å². The van der Waals surface area contributed by atoms with E-state index in [9.17, 15) is 18.8 Å². The Kier molecular flexibility index (Phi) is 6.97. The maximum absolute atomic E-state index is 13.4. The van der Waals surface area contributed by atoms with Gasteiger partial charge in [-0.1, -0.05) is 12.1 Å². The highest BCUT2D eigenvalue weighted by molar-refractivity contribution is 7.17. The summed E-state index contributed by atoms with van der Waals surface area (Å²) in [6, 6.07) is 10.0. The fourth-order valence-corrected chi connectivity index (χ4v) is 5.30. The van der Waals surface area contributed by atoms with Gasteiger partial charge < -0.3 is 14.5 Å². The van der Waals surface area contributed by atoms with E-state index in [-0.39, 0.29) is 11.7 Å². The second kappa shape index (κ2) is 9.93. The van der Waals surface area contributed by atoms with Crippen LogP contribution in [0.1, 0.15) is 39.1 Å². The number of likely N-dealkylation sites (N-methyl/N-ethyl adjacent to an activating group) is 1. The molecule has 2 aromatic carbocycles. The van der Waals surface area contributed by atoms with Gasteiger partial charge >= 0.3 is 0 Å². The molecule has 178 valence electrons. The third-order valence-corrected chi connectivity index (χ3v) is 7.26. The highest BCUT2D eigenvalue weighted by Gasteiger charge is 2.28. The number of amides is 2. The first kappa shape index (κ1) is 23.9. The van der Waals surface area contributed by atoms with Crippen LogP contribution in [0.2, 0.25) is 0 Å². The molecule has 2 amide bonds. The van der Waals surface area contributed by atoms with Crippen molar-refractivity contribution < 1.29 is 23.5 Å². The third-order valence-electron chi connectivity index (χ3n) is 6.31. The number of ether oxygens (including phenoxy) is 1. The van der Waals surface area contributed by atoms with Crippen molar-refractivity contribution >= 4 is 39.0 Å². The largest absolute Gasteiger partial charge is 0.496 e. The number of carbonyl (C=O) groups is 3. The Morgan fingerprint density at radius 1 is 1.09 bits per heavy atom. The normalized spacial score (nSPS) is 14.3. The first-order valence-corrected chi connectivity index (χ1v) is 12.1. The lowest BCUT2D eigenvalue weighted by Gasteiger charge is -2.32. The van der Waals surface area contributed by atoms with Crippen molar-refractivity contribution in [2.75, 3.05) is 34.3 Å². The molecule has 1 aliphatic heterocycles. The average molecular weight is 483 g/mol. The summed E-state index contributed by atoms with van der Waals surface area (Å²) in [6.07, 6.45) is 2.57. The Balaban J connectivity index is 1.52. The molecule has 1 aliphatic rings. The van der Waals surface area contributed by atoms with E-state index in [4.69, 9.17) is 4.74 Å². The molecule has 0 aliphatic carbocycles. The highest BCUT2D eigenvalue weighted by atomic mass is 32.1. The summed E-state index contributed by atoms with van der Waals surface area (Å²) >= 11 is 1.34. The van der Waals surface area contributed by atoms with Crippen LogP contribution in [0, 0.1) is 11.7 Å². The number of rotatable bonds is 6. The van der Waals surface area contributed by atoms with Crippen LogP contribution < -0.4 is 4.74 Å². The minimum Gasteiger partial charge on any atom is -0.496 e. The zero-order valence-electron chi connectivity index (χ0n) is 19.5. The van der Waals surface area contributed by atoms with Gasteiger partial charge in [0.25, 0.3) is 17.6 Å². The average Bonchev–Trinajstić information content (AvgIpc) is 3.26. The number of likely N-dealkylation sites (tertiary alicyclic amines) is 1. The number of nitrogens with zero attached hydrogens (tertiary/aromatic N) is 2. The number of ketones is 1. The van der Waals surface area contributed by atoms with Crippen molar-refractivity contribution in [2.24, 2.45) is 5.92 Å². The van der Waals surface area contributed by atoms with Gasteiger partial charge in [-0.25, -0.2) is 4.39 Å². The van der Waals surface area contributed by atoms with Crippen LogP contribution in [-0.4, -0.2) is 61.7 Å². The van der Waals surface area contributed by atoms with E-state index >= 15 is 0 Å². The van der Waals surface area contributed by atoms with Gasteiger partial charge in [-0.15, -0.1) is 11.3 Å². The Labute approximate surface area is 201 Å². The summed E-state index contributed by atoms with van der Waals surface area (Å²) < 4.78 is 19.4. The minimum atomic E-state index is -0.605. The number of methoxy groups -OCH3 is 1. The second-order valence-electron chi connectivity index (χ2n) is 8.79. The minimum absolute atomic E-state index is 0.150. The third kappa shape index (κ3) is 4.82. The van der Waals surface area contributed by atoms with Crippen molar-refractivity contribution in [1.82, 2.24) is 9.80 Å². The molecule has 1 saturated heterocycles. The molecule has 3 aromatic rings. The lowest BCUT2D eigenvalue weighted by atomic mass is 9.90. The van der Waals surface area contributed by atoms with Crippen molar-refractivity contribution in [3.8, 4) is 5.75 Å². The molecule has 0 bridgehead atoms. The number of piperidine rings is 1. The summed E-state index contributed by atoms with van der Waals surface area (Å²) in [5.74, 6) is -0.713. The van der Waals surface area contributed by atoms with Gasteiger partial charge in [0.1, 0.15) is 11.6 Å². The maximum Gasteiger partial charge on any atom is 0.294 e. The van der Waals surface area contributed by atoms with Crippen molar-refractivity contribution in [3.63, 3.8) is 0 Å². The summed E-state index contributed by atoms with van der Waals surface area (Å²) in [5.41, 5.74) is 1.78. The lowest BCUT2D eigenvalue weighted by Crippen LogP contribution is -2.39. The van der Waals surface area contributed by atoms with Gasteiger partial charge in [0, 0.05) is 48.2 Å². The molecule has 34 heavy (non-hydrogen) atoms. The highest BCUT2D eigenvalue weighted by Crippen LogP contribution is 2.34. The molecule has 1 aromatic heterocycles. The van der Waals surface area contributed by atoms with Gasteiger partial charge in [0.2, 0.25) is 0 Å². The Morgan fingerprint density at radius 2 is 1.76 bits per heavy atom. The fraction of sp³-hybridized carbons (Fsp3) is 0.346. The van der Waals surface area contributed by atoms with E-state index in [1.165, 1.54) is 49.6 Å². The van der Waals surface area contributed by atoms with Crippen LogP contribution >= 0.6 is 11.3 Å². The SMILES string of the molecule is COc1cc2scc(C(=O)C(=O)N(C)C)c2cc1C(=O)N1CCC(Cc2ccc(F)cc2)CC1. The number of hydrogen-bond donors (Lipinski definition) is 0. The molecule has 0 saturated carbocycles. The molecular weight excluding hydrogens is 455 g/mol. The standard InChI is InChI=1S/C26H27FN2O4S/c1-28(2)26(32)24(30)21-15-34-23-14-22(33-3)20(13-19(21)23)25(31)29-10-8-17(9-11-29)12-16-4-6-18(27)7-5-16/h4-7,13-15,17H,8-12H2,1-3H3. The smallest absolute Gasteiger partial charge is 0.294 e. The summed E-state index contributed by atoms with van der Waals surface area (Å²) in [6.45, 7) is 1.22. The molecule has 4 rings (SSSR count). The van der Waals surface area contributed by atoms with Crippen LogP contribution in [0.3, 0.4) is 0 Å². The van der Waals surface area contributed by atoms with Crippen molar-refractivity contribution in [2.45, 2.75) is 19.3 Å². The second-order valence-corrected chi connectivity index (χ2v) is 9.70. The Hall–Kier alpha value is -3.26. The molecule has 0 N–H and O–H groups in total. The van der Waals surface area contributed by atoms with Crippen LogP contribution in [0.25, 0.3) is 10.1 Å². The van der Waals surface area contributed by atoms with Crippen LogP contribution in [-0.2, 0) is 11.2 Å². The molecule has 0 spiro atoms. The number of thiophene rings is 1. The monoisotopic (exact) mass is 482 g/mol. The zero-order valence-corrected chi connectivity index (χ0v) is 20.3. The van der Waals surface area contributed by atoms with Crippen LogP contribution in [0.15, 0.2) is 41.8 Å². The van der Waals surface area contributed by atoms with Crippen LogP contribution in [0.5, 0.6) is 5.75 Å². The Bertz CT molecular complexity index is 1230. The predicted molar refractivity (Wildman–Crippen MR) is 130 cm³/mol. The summed E-state index contributed by atoms with van der Waals surface area (Å²) in [4.78, 5) is 41.4. The Morgan fingerprint density at radius 3 is 2.38 bits per heavy atom. The molecule has 0 unspecified atom stereocenters. The number of carbonyl (C=O) groups excluding carboxylic acids is 3. The van der Waals surface area contributed by atoms with Gasteiger partial charge in [0.15, 0.2) is 0 Å². The van der Waals surface area contributed by atoms with E-state index in [0.29, 0.717) is 41.3 Å². The van der Waals surface area contributed by atoms with Gasteiger partial charge in [0.05, 0.1) is 12.7 Å². The van der Waals surface area contributed by atoms with Crippen molar-refractivity contribution in [1.29, 1.82) is 0 Å². The summed E-state index contributed by atoms with van der Waals surface area (Å²) in [7, 11) is 4.58. The predicted octanol–water partition coefficient (Wildman–Crippen LogP) is 4.41. The van der Waals surface area contributed by atoms with E-state index < -0.39 is 11.7 Å². The number of fused-ring (bicyclic) bond motifs is 1. The molecule has 8 heteroatoms. The van der Waals surface area contributed by atoms with E-state index in [0.717, 1.165) is 29.5 Å². The zero-order chi connectivity index (χ0) is 24.4. The van der Waals surface area contributed by atoms with Gasteiger partial charge in [-0.2, -0.15) is 0 Å². The van der Waals surface area contributed by atoms with E-state index in [1.807, 2.05) is 17.0 Å². The van der Waals surface area contributed by atoms with E-state index in [2.05, 4.69) is 0 Å². The molecule has 1 fully saturated rings. The molecule has 2 heterocycles. The quantitative estimate of drug-likeness (QED) is 0.386. The fourth-order valence-electron chi connectivity index (χ4n) is 4.35. The number of halogens is 1. The number of Topliss-reactive ketones (excluding diaryl/α,β-unsaturated/α-hetero) is 1. The first-order chi connectivity index (χ1) is 16.3.